The quantitative estimate of drug-likeness (QED) is 0.777. The Hall–Kier alpha value is -2.89. The second kappa shape index (κ2) is 5.24. The van der Waals surface area contributed by atoms with Gasteiger partial charge in [-0.05, 0) is 36.4 Å². The van der Waals surface area contributed by atoms with Crippen molar-refractivity contribution in [2.24, 2.45) is 0 Å². The molecule has 21 heavy (non-hydrogen) atoms. The molecule has 5 nitrogen and oxygen atoms in total. The number of anilines is 1. The number of benzene rings is 2. The summed E-state index contributed by atoms with van der Waals surface area (Å²) >= 11 is 0. The lowest BCUT2D eigenvalue weighted by molar-refractivity contribution is 0.102. The predicted octanol–water partition coefficient (Wildman–Crippen LogP) is 2.96. The highest BCUT2D eigenvalue weighted by molar-refractivity contribution is 6.06. The minimum Gasteiger partial charge on any atom is -0.496 e. The average molecular weight is 285 g/mol. The van der Waals surface area contributed by atoms with E-state index >= 15 is 0 Å². The molecule has 0 radical (unpaired) electrons. The van der Waals surface area contributed by atoms with Crippen LogP contribution in [-0.4, -0.2) is 23.2 Å². The van der Waals surface area contributed by atoms with E-state index in [9.17, 15) is 9.18 Å². The minimum absolute atomic E-state index is 0.141. The molecular formula is C15H12FN3O2. The van der Waals surface area contributed by atoms with Gasteiger partial charge in [0.25, 0.3) is 5.91 Å². The van der Waals surface area contributed by atoms with Crippen molar-refractivity contribution in [1.29, 1.82) is 0 Å². The molecule has 6 heteroatoms. The summed E-state index contributed by atoms with van der Waals surface area (Å²) in [6.45, 7) is 0. The second-order valence-electron chi connectivity index (χ2n) is 4.47. The lowest BCUT2D eigenvalue weighted by Crippen LogP contribution is -2.13. The maximum absolute atomic E-state index is 13.3. The van der Waals surface area contributed by atoms with Gasteiger partial charge in [0.1, 0.15) is 11.6 Å². The Morgan fingerprint density at radius 1 is 1.29 bits per heavy atom. The van der Waals surface area contributed by atoms with Crippen LogP contribution in [-0.2, 0) is 0 Å². The number of carbonyl (C=O) groups is 1. The van der Waals surface area contributed by atoms with Crippen molar-refractivity contribution in [3.05, 3.63) is 54.0 Å². The van der Waals surface area contributed by atoms with Crippen molar-refractivity contribution < 1.29 is 13.9 Å². The van der Waals surface area contributed by atoms with E-state index in [-0.39, 0.29) is 5.56 Å². The summed E-state index contributed by atoms with van der Waals surface area (Å²) in [4.78, 5) is 12.2. The van der Waals surface area contributed by atoms with Crippen LogP contribution < -0.4 is 10.1 Å². The zero-order valence-electron chi connectivity index (χ0n) is 11.2. The van der Waals surface area contributed by atoms with E-state index in [1.165, 1.54) is 19.2 Å². The molecule has 3 aromatic rings. The Balaban J connectivity index is 1.90. The van der Waals surface area contributed by atoms with E-state index in [4.69, 9.17) is 4.74 Å². The first-order chi connectivity index (χ1) is 10.2. The number of amides is 1. The number of rotatable bonds is 3. The molecule has 1 amide bonds. The predicted molar refractivity (Wildman–Crippen MR) is 77.0 cm³/mol. The number of hydrogen-bond acceptors (Lipinski definition) is 3. The molecule has 0 saturated carbocycles. The van der Waals surface area contributed by atoms with E-state index in [0.717, 1.165) is 17.0 Å². The minimum atomic E-state index is -0.495. The molecule has 0 unspecified atom stereocenters. The molecule has 0 fully saturated rings. The lowest BCUT2D eigenvalue weighted by Gasteiger charge is -2.09. The Morgan fingerprint density at radius 3 is 2.95 bits per heavy atom. The van der Waals surface area contributed by atoms with Gasteiger partial charge in [0, 0.05) is 11.1 Å². The van der Waals surface area contributed by atoms with Gasteiger partial charge in [-0.1, -0.05) is 0 Å². The van der Waals surface area contributed by atoms with Crippen molar-refractivity contribution in [3.63, 3.8) is 0 Å². The van der Waals surface area contributed by atoms with Crippen molar-refractivity contribution in [2.75, 3.05) is 12.4 Å². The second-order valence-corrected chi connectivity index (χ2v) is 4.47. The standard InChI is InChI=1S/C15H12FN3O2/c1-21-14-5-3-10(16)6-12(14)15(20)18-11-4-2-9-8-17-19-13(9)7-11/h2-8H,1H3,(H,17,19)(H,18,20). The fraction of sp³-hybridized carbons (Fsp3) is 0.0667. The first-order valence-corrected chi connectivity index (χ1v) is 6.25. The number of nitrogens with one attached hydrogen (secondary N) is 2. The van der Waals surface area contributed by atoms with Crippen molar-refractivity contribution >= 4 is 22.5 Å². The summed E-state index contributed by atoms with van der Waals surface area (Å²) in [5.74, 6) is -0.619. The number of fused-ring (bicyclic) bond motifs is 1. The zero-order valence-corrected chi connectivity index (χ0v) is 11.2. The maximum Gasteiger partial charge on any atom is 0.259 e. The highest BCUT2D eigenvalue weighted by Crippen LogP contribution is 2.22. The third kappa shape index (κ3) is 2.55. The van der Waals surface area contributed by atoms with E-state index in [2.05, 4.69) is 15.5 Å². The molecule has 0 atom stereocenters. The molecule has 1 heterocycles. The summed E-state index contributed by atoms with van der Waals surface area (Å²) in [6, 6.07) is 9.14. The third-order valence-electron chi connectivity index (χ3n) is 3.11. The summed E-state index contributed by atoms with van der Waals surface area (Å²) in [7, 11) is 1.43. The first-order valence-electron chi connectivity index (χ1n) is 6.25. The van der Waals surface area contributed by atoms with Gasteiger partial charge >= 0.3 is 0 Å². The molecule has 2 aromatic carbocycles. The van der Waals surface area contributed by atoms with E-state index < -0.39 is 11.7 Å². The average Bonchev–Trinajstić information content (AvgIpc) is 2.94. The van der Waals surface area contributed by atoms with Crippen molar-refractivity contribution in [1.82, 2.24) is 10.2 Å². The van der Waals surface area contributed by atoms with Gasteiger partial charge < -0.3 is 10.1 Å². The topological polar surface area (TPSA) is 67.0 Å². The highest BCUT2D eigenvalue weighted by Gasteiger charge is 2.14. The molecule has 0 aliphatic heterocycles. The molecule has 0 spiro atoms. The summed E-state index contributed by atoms with van der Waals surface area (Å²) in [5, 5.41) is 10.4. The number of carbonyl (C=O) groups excluding carboxylic acids is 1. The fourth-order valence-corrected chi connectivity index (χ4v) is 2.07. The van der Waals surface area contributed by atoms with Gasteiger partial charge in [-0.25, -0.2) is 4.39 Å². The molecule has 0 aliphatic rings. The molecular weight excluding hydrogens is 273 g/mol. The smallest absolute Gasteiger partial charge is 0.259 e. The Labute approximate surface area is 119 Å². The fourth-order valence-electron chi connectivity index (χ4n) is 2.07. The van der Waals surface area contributed by atoms with Crippen LogP contribution in [0.25, 0.3) is 10.9 Å². The van der Waals surface area contributed by atoms with Gasteiger partial charge in [-0.3, -0.25) is 9.89 Å². The van der Waals surface area contributed by atoms with Crippen molar-refractivity contribution in [2.45, 2.75) is 0 Å². The zero-order chi connectivity index (χ0) is 14.8. The number of ether oxygens (including phenoxy) is 1. The molecule has 0 bridgehead atoms. The van der Waals surface area contributed by atoms with Gasteiger partial charge in [0.2, 0.25) is 0 Å². The summed E-state index contributed by atoms with van der Waals surface area (Å²) in [6.07, 6.45) is 1.69. The maximum atomic E-state index is 13.3. The SMILES string of the molecule is COc1ccc(F)cc1C(=O)Nc1ccc2cn[nH]c2c1. The normalized spacial score (nSPS) is 10.6. The number of nitrogens with zero attached hydrogens (tertiary/aromatic N) is 1. The summed E-state index contributed by atoms with van der Waals surface area (Å²) in [5.41, 5.74) is 1.53. The number of aromatic nitrogens is 2. The number of halogens is 1. The lowest BCUT2D eigenvalue weighted by atomic mass is 10.1. The largest absolute Gasteiger partial charge is 0.496 e. The van der Waals surface area contributed by atoms with Crippen LogP contribution in [0.3, 0.4) is 0 Å². The Bertz CT molecular complexity index is 814. The van der Waals surface area contributed by atoms with E-state index in [0.29, 0.717) is 11.4 Å². The number of methoxy groups -OCH3 is 1. The first kappa shape index (κ1) is 13.1. The molecule has 106 valence electrons. The number of hydrogen-bond donors (Lipinski definition) is 2. The molecule has 0 aliphatic carbocycles. The molecule has 0 saturated heterocycles. The Morgan fingerprint density at radius 2 is 2.14 bits per heavy atom. The highest BCUT2D eigenvalue weighted by atomic mass is 19.1. The van der Waals surface area contributed by atoms with Crippen LogP contribution in [0.1, 0.15) is 10.4 Å². The molecule has 1 aromatic heterocycles. The van der Waals surface area contributed by atoms with Crippen LogP contribution >= 0.6 is 0 Å². The summed E-state index contributed by atoms with van der Waals surface area (Å²) < 4.78 is 18.4. The van der Waals surface area contributed by atoms with Gasteiger partial charge in [0.05, 0.1) is 24.4 Å². The van der Waals surface area contributed by atoms with Gasteiger partial charge in [-0.15, -0.1) is 0 Å². The third-order valence-corrected chi connectivity index (χ3v) is 3.11. The van der Waals surface area contributed by atoms with E-state index in [1.807, 2.05) is 6.07 Å². The molecule has 3 rings (SSSR count). The monoisotopic (exact) mass is 285 g/mol. The van der Waals surface area contributed by atoms with Crippen LogP contribution in [0.5, 0.6) is 5.75 Å². The van der Waals surface area contributed by atoms with E-state index in [1.54, 1.807) is 18.3 Å². The van der Waals surface area contributed by atoms with Crippen LogP contribution in [0.4, 0.5) is 10.1 Å². The van der Waals surface area contributed by atoms with Crippen LogP contribution in [0, 0.1) is 5.82 Å². The van der Waals surface area contributed by atoms with Crippen LogP contribution in [0.15, 0.2) is 42.6 Å². The number of aromatic amines is 1. The van der Waals surface area contributed by atoms with Gasteiger partial charge in [-0.2, -0.15) is 5.10 Å². The number of H-pyrrole nitrogens is 1. The van der Waals surface area contributed by atoms with Gasteiger partial charge in [0.15, 0.2) is 0 Å². The van der Waals surface area contributed by atoms with Crippen LogP contribution in [0.2, 0.25) is 0 Å². The molecule has 2 N–H and O–H groups in total. The van der Waals surface area contributed by atoms with Crippen molar-refractivity contribution in [3.8, 4) is 5.75 Å². The Kier molecular flexibility index (Phi) is 3.27.